The lowest BCUT2D eigenvalue weighted by Gasteiger charge is -2.12. The number of pyridine rings is 1. The van der Waals surface area contributed by atoms with Crippen molar-refractivity contribution < 1.29 is 14.6 Å². The quantitative estimate of drug-likeness (QED) is 0.852. The molecule has 0 aliphatic heterocycles. The highest BCUT2D eigenvalue weighted by atomic mass is 32.2. The van der Waals surface area contributed by atoms with E-state index >= 15 is 0 Å². The van der Waals surface area contributed by atoms with Crippen LogP contribution in [0.4, 0.5) is 0 Å². The Hall–Kier alpha value is -2.01. The first kappa shape index (κ1) is 15.4. The summed E-state index contributed by atoms with van der Waals surface area (Å²) in [6, 6.07) is 15.1. The fourth-order valence-electron chi connectivity index (χ4n) is 1.88. The summed E-state index contributed by atoms with van der Waals surface area (Å²) in [7, 11) is 1.56. The van der Waals surface area contributed by atoms with Gasteiger partial charge in [-0.05, 0) is 18.1 Å². The van der Waals surface area contributed by atoms with Crippen molar-refractivity contribution in [2.45, 2.75) is 17.4 Å². The van der Waals surface area contributed by atoms with Crippen LogP contribution in [-0.2, 0) is 17.0 Å². The van der Waals surface area contributed by atoms with Gasteiger partial charge in [0, 0.05) is 11.8 Å². The molecule has 2 rings (SSSR count). The van der Waals surface area contributed by atoms with Gasteiger partial charge in [0.25, 0.3) is 0 Å². The second-order valence-corrected chi connectivity index (χ2v) is 5.69. The summed E-state index contributed by atoms with van der Waals surface area (Å²) in [5.74, 6) is 0.288. The van der Waals surface area contributed by atoms with Gasteiger partial charge in [-0.15, -0.1) is 11.8 Å². The zero-order valence-electron chi connectivity index (χ0n) is 11.7. The Kier molecular flexibility index (Phi) is 5.63. The summed E-state index contributed by atoms with van der Waals surface area (Å²) >= 11 is 1.38. The van der Waals surface area contributed by atoms with Gasteiger partial charge in [-0.1, -0.05) is 36.4 Å². The molecule has 4 nitrogen and oxygen atoms in total. The summed E-state index contributed by atoms with van der Waals surface area (Å²) < 4.78 is 5.07. The lowest BCUT2D eigenvalue weighted by molar-refractivity contribution is -0.136. The van der Waals surface area contributed by atoms with E-state index in [-0.39, 0.29) is 0 Å². The average molecular weight is 303 g/mol. The summed E-state index contributed by atoms with van der Waals surface area (Å²) in [4.78, 5) is 15.7. The molecule has 21 heavy (non-hydrogen) atoms. The number of carboxylic acid groups (broad SMARTS) is 1. The van der Waals surface area contributed by atoms with Gasteiger partial charge in [-0.3, -0.25) is 4.79 Å². The van der Waals surface area contributed by atoms with Crippen LogP contribution in [0.3, 0.4) is 0 Å². The molecule has 1 atom stereocenters. The van der Waals surface area contributed by atoms with Crippen LogP contribution in [0.1, 0.15) is 11.3 Å². The van der Waals surface area contributed by atoms with Crippen molar-refractivity contribution in [3.8, 4) is 5.88 Å². The molecule has 5 heteroatoms. The number of ether oxygens (including phenoxy) is 1. The Morgan fingerprint density at radius 3 is 2.67 bits per heavy atom. The maximum absolute atomic E-state index is 11.4. The zero-order valence-corrected chi connectivity index (χ0v) is 12.5. The van der Waals surface area contributed by atoms with E-state index in [1.165, 1.54) is 11.8 Å². The number of aliphatic carboxylic acids is 1. The molecule has 0 aliphatic carbocycles. The van der Waals surface area contributed by atoms with E-state index in [0.29, 0.717) is 18.1 Å². The average Bonchev–Trinajstić information content (AvgIpc) is 2.52. The highest BCUT2D eigenvalue weighted by Gasteiger charge is 2.18. The molecule has 2 aromatic rings. The molecular weight excluding hydrogens is 286 g/mol. The molecule has 0 amide bonds. The topological polar surface area (TPSA) is 59.4 Å². The monoisotopic (exact) mass is 303 g/mol. The normalized spacial score (nSPS) is 11.9. The van der Waals surface area contributed by atoms with Crippen molar-refractivity contribution >= 4 is 17.7 Å². The van der Waals surface area contributed by atoms with Crippen LogP contribution < -0.4 is 4.74 Å². The molecule has 0 saturated carbocycles. The van der Waals surface area contributed by atoms with Crippen molar-refractivity contribution in [2.75, 3.05) is 7.11 Å². The van der Waals surface area contributed by atoms with Gasteiger partial charge in [0.1, 0.15) is 5.25 Å². The third-order valence-corrected chi connectivity index (χ3v) is 4.20. The number of hydrogen-bond acceptors (Lipinski definition) is 4. The molecule has 1 unspecified atom stereocenters. The molecule has 0 bridgehead atoms. The largest absolute Gasteiger partial charge is 0.481 e. The Morgan fingerprint density at radius 2 is 2.00 bits per heavy atom. The van der Waals surface area contributed by atoms with Crippen molar-refractivity contribution in [1.29, 1.82) is 0 Å². The van der Waals surface area contributed by atoms with Crippen molar-refractivity contribution in [3.05, 3.63) is 59.8 Å². The second kappa shape index (κ2) is 7.69. The number of thioether (sulfide) groups is 1. The number of rotatable bonds is 7. The molecule has 1 aromatic carbocycles. The highest BCUT2D eigenvalue weighted by Crippen LogP contribution is 2.22. The number of aromatic nitrogens is 1. The zero-order chi connectivity index (χ0) is 15.1. The molecule has 1 N–H and O–H groups in total. The van der Waals surface area contributed by atoms with Gasteiger partial charge < -0.3 is 9.84 Å². The second-order valence-electron chi connectivity index (χ2n) is 4.50. The number of nitrogens with zero attached hydrogens (tertiary/aromatic N) is 1. The Balaban J connectivity index is 1.98. The van der Waals surface area contributed by atoms with E-state index in [0.717, 1.165) is 11.3 Å². The van der Waals surface area contributed by atoms with Gasteiger partial charge in [0.2, 0.25) is 5.88 Å². The molecule has 0 radical (unpaired) electrons. The Morgan fingerprint density at radius 1 is 1.24 bits per heavy atom. The van der Waals surface area contributed by atoms with Crippen molar-refractivity contribution in [3.63, 3.8) is 0 Å². The Labute approximate surface area is 128 Å². The van der Waals surface area contributed by atoms with E-state index < -0.39 is 11.2 Å². The molecule has 0 saturated heterocycles. The predicted octanol–water partition coefficient (Wildman–Crippen LogP) is 3.02. The van der Waals surface area contributed by atoms with Crippen LogP contribution in [0, 0.1) is 0 Å². The molecule has 0 spiro atoms. The maximum Gasteiger partial charge on any atom is 0.316 e. The van der Waals surface area contributed by atoms with Gasteiger partial charge >= 0.3 is 5.97 Å². The van der Waals surface area contributed by atoms with Gasteiger partial charge in [-0.25, -0.2) is 4.98 Å². The minimum Gasteiger partial charge on any atom is -0.481 e. The van der Waals surface area contributed by atoms with E-state index in [1.54, 1.807) is 13.2 Å². The van der Waals surface area contributed by atoms with Crippen LogP contribution >= 0.6 is 11.8 Å². The third kappa shape index (κ3) is 4.79. The standard InChI is InChI=1S/C16H17NO3S/c1-20-15-9-5-8-13(17-15)11-21-14(16(18)19)10-12-6-3-2-4-7-12/h2-9,14H,10-11H2,1H3,(H,18,19). The number of carbonyl (C=O) groups is 1. The lowest BCUT2D eigenvalue weighted by Crippen LogP contribution is -2.19. The fourth-order valence-corrected chi connectivity index (χ4v) is 2.87. The predicted molar refractivity (Wildman–Crippen MR) is 83.7 cm³/mol. The molecule has 0 aliphatic rings. The third-order valence-electron chi connectivity index (χ3n) is 2.96. The van der Waals surface area contributed by atoms with Gasteiger partial charge in [0.05, 0.1) is 12.8 Å². The van der Waals surface area contributed by atoms with E-state index in [1.807, 2.05) is 42.5 Å². The first-order valence-electron chi connectivity index (χ1n) is 6.57. The van der Waals surface area contributed by atoms with Crippen LogP contribution in [0.15, 0.2) is 48.5 Å². The molecule has 1 aromatic heterocycles. The van der Waals surface area contributed by atoms with E-state index in [9.17, 15) is 9.90 Å². The summed E-state index contributed by atoms with van der Waals surface area (Å²) in [5, 5.41) is 8.86. The number of hydrogen-bond donors (Lipinski definition) is 1. The SMILES string of the molecule is COc1cccc(CSC(Cc2ccccc2)C(=O)O)n1. The number of methoxy groups -OCH3 is 1. The van der Waals surface area contributed by atoms with E-state index in [2.05, 4.69) is 4.98 Å². The number of benzene rings is 1. The fraction of sp³-hybridized carbons (Fsp3) is 0.250. The lowest BCUT2D eigenvalue weighted by atomic mass is 10.1. The number of carboxylic acids is 1. The highest BCUT2D eigenvalue weighted by molar-refractivity contribution is 7.99. The molecule has 0 fully saturated rings. The van der Waals surface area contributed by atoms with Crippen LogP contribution in [0.5, 0.6) is 5.88 Å². The molecule has 110 valence electrons. The molecular formula is C16H17NO3S. The van der Waals surface area contributed by atoms with Gasteiger partial charge in [-0.2, -0.15) is 0 Å². The minimum absolute atomic E-state index is 0.486. The summed E-state index contributed by atoms with van der Waals surface area (Å²) in [6.45, 7) is 0. The first-order valence-corrected chi connectivity index (χ1v) is 7.62. The van der Waals surface area contributed by atoms with Gasteiger partial charge in [0.15, 0.2) is 0 Å². The van der Waals surface area contributed by atoms with Crippen LogP contribution in [0.25, 0.3) is 0 Å². The minimum atomic E-state index is -0.799. The summed E-state index contributed by atoms with van der Waals surface area (Å²) in [5.41, 5.74) is 1.84. The first-order chi connectivity index (χ1) is 10.2. The van der Waals surface area contributed by atoms with Crippen LogP contribution in [0.2, 0.25) is 0 Å². The summed E-state index contributed by atoms with van der Waals surface area (Å²) in [6.07, 6.45) is 0.505. The van der Waals surface area contributed by atoms with Crippen molar-refractivity contribution in [1.82, 2.24) is 4.98 Å². The van der Waals surface area contributed by atoms with E-state index in [4.69, 9.17) is 4.74 Å². The Bertz CT molecular complexity index is 589. The van der Waals surface area contributed by atoms with Crippen molar-refractivity contribution in [2.24, 2.45) is 0 Å². The smallest absolute Gasteiger partial charge is 0.316 e. The maximum atomic E-state index is 11.4. The molecule has 1 heterocycles. The van der Waals surface area contributed by atoms with Crippen LogP contribution in [-0.4, -0.2) is 28.4 Å².